The van der Waals surface area contributed by atoms with E-state index in [4.69, 9.17) is 9.29 Å². The summed E-state index contributed by atoms with van der Waals surface area (Å²) in [4.78, 5) is 0. The molecule has 0 radical (unpaired) electrons. The fourth-order valence-corrected chi connectivity index (χ4v) is 2.83. The molecule has 0 aromatic heterocycles. The quantitative estimate of drug-likeness (QED) is 0.331. The van der Waals surface area contributed by atoms with Crippen LogP contribution in [0.2, 0.25) is 0 Å². The van der Waals surface area contributed by atoms with Crippen LogP contribution in [0.3, 0.4) is 0 Å². The fraction of sp³-hybridized carbons (Fsp3) is 1.00. The Hall–Kier alpha value is -0.170. The van der Waals surface area contributed by atoms with Crippen LogP contribution in [-0.2, 0) is 19.3 Å². The molecule has 0 saturated carbocycles. The first-order valence-corrected chi connectivity index (χ1v) is 10.1. The van der Waals surface area contributed by atoms with E-state index in [1.165, 1.54) is 51.4 Å². The van der Waals surface area contributed by atoms with Crippen LogP contribution in [0.4, 0.5) is 0 Å². The molecule has 0 aromatic rings. The van der Waals surface area contributed by atoms with Crippen molar-refractivity contribution in [1.82, 2.24) is 0 Å². The summed E-state index contributed by atoms with van der Waals surface area (Å²) in [5.74, 6) is 0. The van der Waals surface area contributed by atoms with Crippen LogP contribution < -0.4 is 0 Å². The molecule has 22 heavy (non-hydrogen) atoms. The van der Waals surface area contributed by atoms with Gasteiger partial charge in [-0.15, -0.1) is 0 Å². The van der Waals surface area contributed by atoms with Gasteiger partial charge in [-0.3, -0.25) is 4.55 Å². The summed E-state index contributed by atoms with van der Waals surface area (Å²) in [6, 6.07) is 0. The predicted octanol–water partition coefficient (Wildman–Crippen LogP) is 4.52. The molecule has 1 N–H and O–H groups in total. The number of rotatable bonds is 16. The minimum atomic E-state index is -4.38. The summed E-state index contributed by atoms with van der Waals surface area (Å²) in [6.45, 7) is 4.84. The van der Waals surface area contributed by atoms with Gasteiger partial charge in [0, 0.05) is 6.61 Å². The molecule has 0 aliphatic carbocycles. The Morgan fingerprint density at radius 2 is 1.36 bits per heavy atom. The molecule has 0 rings (SSSR count). The first-order valence-electron chi connectivity index (χ1n) is 8.73. The smallest absolute Gasteiger partial charge is 0.379 e. The van der Waals surface area contributed by atoms with E-state index in [-0.39, 0.29) is 6.61 Å². The maximum atomic E-state index is 10.6. The number of ether oxygens (including phenoxy) is 1. The van der Waals surface area contributed by atoms with E-state index in [9.17, 15) is 8.42 Å². The van der Waals surface area contributed by atoms with Gasteiger partial charge in [-0.25, -0.2) is 4.18 Å². The van der Waals surface area contributed by atoms with E-state index >= 15 is 0 Å². The van der Waals surface area contributed by atoms with Crippen molar-refractivity contribution in [1.29, 1.82) is 0 Å². The Morgan fingerprint density at radius 1 is 0.864 bits per heavy atom. The van der Waals surface area contributed by atoms with Crippen LogP contribution in [0.5, 0.6) is 0 Å². The van der Waals surface area contributed by atoms with Gasteiger partial charge in [0.25, 0.3) is 0 Å². The highest BCUT2D eigenvalue weighted by atomic mass is 32.3. The molecular weight excluding hydrogens is 304 g/mol. The normalized spacial score (nSPS) is 13.4. The monoisotopic (exact) mass is 338 g/mol. The van der Waals surface area contributed by atoms with E-state index in [1.807, 2.05) is 0 Å². The maximum absolute atomic E-state index is 10.6. The Morgan fingerprint density at radius 3 is 1.82 bits per heavy atom. The van der Waals surface area contributed by atoms with Gasteiger partial charge in [0.15, 0.2) is 0 Å². The second kappa shape index (κ2) is 14.4. The first-order chi connectivity index (χ1) is 10.5. The zero-order valence-electron chi connectivity index (χ0n) is 14.3. The van der Waals surface area contributed by atoms with Gasteiger partial charge < -0.3 is 4.74 Å². The van der Waals surface area contributed by atoms with Crippen molar-refractivity contribution in [3.05, 3.63) is 0 Å². The standard InChI is InChI=1S/C16H34O5S/c1-3-5-6-7-8-9-10-11-12-13-14-20-15-16(4-2)21-22(17,18)19/h16H,3-15H2,1-2H3,(H,17,18,19). The van der Waals surface area contributed by atoms with E-state index in [1.54, 1.807) is 6.92 Å². The van der Waals surface area contributed by atoms with Crippen LogP contribution in [-0.4, -0.2) is 32.3 Å². The summed E-state index contributed by atoms with van der Waals surface area (Å²) in [5, 5.41) is 0. The predicted molar refractivity (Wildman–Crippen MR) is 89.4 cm³/mol. The minimum absolute atomic E-state index is 0.202. The highest BCUT2D eigenvalue weighted by Crippen LogP contribution is 2.10. The first kappa shape index (κ1) is 21.8. The van der Waals surface area contributed by atoms with Gasteiger partial charge in [-0.05, 0) is 12.8 Å². The van der Waals surface area contributed by atoms with E-state index < -0.39 is 16.5 Å². The molecular formula is C16H34O5S. The molecule has 1 atom stereocenters. The topological polar surface area (TPSA) is 72.8 Å². The molecule has 0 aliphatic heterocycles. The summed E-state index contributed by atoms with van der Waals surface area (Å²) >= 11 is 0. The van der Waals surface area contributed by atoms with Crippen LogP contribution >= 0.6 is 0 Å². The summed E-state index contributed by atoms with van der Waals surface area (Å²) in [7, 11) is -4.38. The molecule has 6 heteroatoms. The molecule has 0 heterocycles. The number of hydrogen-bond acceptors (Lipinski definition) is 4. The van der Waals surface area contributed by atoms with Crippen LogP contribution in [0.15, 0.2) is 0 Å². The van der Waals surface area contributed by atoms with Crippen molar-refractivity contribution < 1.29 is 21.9 Å². The van der Waals surface area contributed by atoms with Crippen molar-refractivity contribution in [3.8, 4) is 0 Å². The highest BCUT2D eigenvalue weighted by molar-refractivity contribution is 7.80. The molecule has 134 valence electrons. The van der Waals surface area contributed by atoms with Gasteiger partial charge in [0.1, 0.15) is 6.10 Å². The molecule has 0 aromatic carbocycles. The molecule has 1 unspecified atom stereocenters. The zero-order valence-corrected chi connectivity index (χ0v) is 15.1. The Kier molecular flexibility index (Phi) is 14.3. The average molecular weight is 339 g/mol. The van der Waals surface area contributed by atoms with Crippen molar-refractivity contribution in [2.24, 2.45) is 0 Å². The van der Waals surface area contributed by atoms with Crippen molar-refractivity contribution in [2.75, 3.05) is 13.2 Å². The van der Waals surface area contributed by atoms with Gasteiger partial charge >= 0.3 is 10.4 Å². The SMILES string of the molecule is CCCCCCCCCCCCOCC(CC)OS(=O)(=O)O. The Labute approximate surface area is 136 Å². The van der Waals surface area contributed by atoms with Gasteiger partial charge in [-0.1, -0.05) is 71.6 Å². The largest absolute Gasteiger partial charge is 0.397 e. The third kappa shape index (κ3) is 16.2. The minimum Gasteiger partial charge on any atom is -0.379 e. The van der Waals surface area contributed by atoms with Crippen molar-refractivity contribution in [3.63, 3.8) is 0 Å². The Bertz CT molecular complexity index is 329. The van der Waals surface area contributed by atoms with Crippen LogP contribution in [0.1, 0.15) is 84.5 Å². The molecule has 0 saturated heterocycles. The molecule has 0 aliphatic rings. The second-order valence-corrected chi connectivity index (χ2v) is 6.86. The lowest BCUT2D eigenvalue weighted by Gasteiger charge is -2.13. The van der Waals surface area contributed by atoms with Gasteiger partial charge in [-0.2, -0.15) is 8.42 Å². The number of hydrogen-bond donors (Lipinski definition) is 1. The Balaban J connectivity index is 3.32. The van der Waals surface area contributed by atoms with Crippen molar-refractivity contribution in [2.45, 2.75) is 90.6 Å². The van der Waals surface area contributed by atoms with Gasteiger partial charge in [0.05, 0.1) is 6.61 Å². The second-order valence-electron chi connectivity index (χ2n) is 5.81. The molecule has 5 nitrogen and oxygen atoms in total. The van der Waals surface area contributed by atoms with E-state index in [0.29, 0.717) is 13.0 Å². The van der Waals surface area contributed by atoms with Gasteiger partial charge in [0.2, 0.25) is 0 Å². The lowest BCUT2D eigenvalue weighted by Crippen LogP contribution is -2.22. The maximum Gasteiger partial charge on any atom is 0.397 e. The molecule has 0 amide bonds. The van der Waals surface area contributed by atoms with Crippen LogP contribution in [0, 0.1) is 0 Å². The average Bonchev–Trinajstić information content (AvgIpc) is 2.46. The third-order valence-corrected chi connectivity index (χ3v) is 4.17. The molecule has 0 spiro atoms. The molecule has 0 fully saturated rings. The third-order valence-electron chi connectivity index (χ3n) is 3.66. The molecule has 0 bridgehead atoms. The summed E-state index contributed by atoms with van der Waals surface area (Å²) in [6.07, 6.45) is 12.6. The fourth-order valence-electron chi connectivity index (χ4n) is 2.29. The summed E-state index contributed by atoms with van der Waals surface area (Å²) in [5.41, 5.74) is 0. The van der Waals surface area contributed by atoms with Crippen LogP contribution in [0.25, 0.3) is 0 Å². The van der Waals surface area contributed by atoms with E-state index in [2.05, 4.69) is 11.1 Å². The lowest BCUT2D eigenvalue weighted by atomic mass is 10.1. The number of unbranched alkanes of at least 4 members (excludes halogenated alkanes) is 9. The van der Waals surface area contributed by atoms with E-state index in [0.717, 1.165) is 12.8 Å². The highest BCUT2D eigenvalue weighted by Gasteiger charge is 2.15. The van der Waals surface area contributed by atoms with Crippen molar-refractivity contribution >= 4 is 10.4 Å². The zero-order chi connectivity index (χ0) is 16.7. The summed E-state index contributed by atoms with van der Waals surface area (Å²) < 4.78 is 39.7. The lowest BCUT2D eigenvalue weighted by molar-refractivity contribution is 0.0437.